The van der Waals surface area contributed by atoms with Crippen molar-refractivity contribution in [3.8, 4) is 22.5 Å². The molecule has 0 saturated carbocycles. The van der Waals surface area contributed by atoms with E-state index in [9.17, 15) is 4.79 Å². The smallest absolute Gasteiger partial charge is 0.294 e. The summed E-state index contributed by atoms with van der Waals surface area (Å²) in [6.07, 6.45) is 4.97. The number of hydrogen-bond donors (Lipinski definition) is 2. The van der Waals surface area contributed by atoms with E-state index >= 15 is 0 Å². The van der Waals surface area contributed by atoms with Crippen LogP contribution in [0.15, 0.2) is 73.2 Å². The molecular weight excluding hydrogens is 328 g/mol. The van der Waals surface area contributed by atoms with Crippen LogP contribution in [0.2, 0.25) is 0 Å². The number of carbonyl (C=O) groups excluding carboxylic acids is 1. The normalized spacial score (nSPS) is 10.5. The van der Waals surface area contributed by atoms with Gasteiger partial charge in [-0.15, -0.1) is 0 Å². The number of nitrogens with zero attached hydrogens (tertiary/aromatic N) is 4. The fourth-order valence-corrected chi connectivity index (χ4v) is 2.47. The molecule has 1 amide bonds. The van der Waals surface area contributed by atoms with E-state index < -0.39 is 5.91 Å². The second kappa shape index (κ2) is 6.94. The molecule has 1 aromatic carbocycles. The number of anilines is 1. The van der Waals surface area contributed by atoms with E-state index in [1.54, 1.807) is 30.7 Å². The average Bonchev–Trinajstić information content (AvgIpc) is 3.18. The van der Waals surface area contributed by atoms with Gasteiger partial charge in [0.25, 0.3) is 5.91 Å². The van der Waals surface area contributed by atoms with Gasteiger partial charge >= 0.3 is 0 Å². The number of carbonyl (C=O) groups is 1. The highest BCUT2D eigenvalue weighted by atomic mass is 16.2. The molecule has 2 N–H and O–H groups in total. The van der Waals surface area contributed by atoms with Gasteiger partial charge in [0.1, 0.15) is 0 Å². The number of pyridine rings is 1. The highest BCUT2D eigenvalue weighted by Gasteiger charge is 2.13. The molecule has 0 radical (unpaired) electrons. The van der Waals surface area contributed by atoms with Gasteiger partial charge in [0.05, 0.1) is 11.4 Å². The van der Waals surface area contributed by atoms with Crippen LogP contribution in [0.25, 0.3) is 22.5 Å². The number of rotatable bonds is 4. The van der Waals surface area contributed by atoms with Crippen molar-refractivity contribution < 1.29 is 4.79 Å². The summed E-state index contributed by atoms with van der Waals surface area (Å²) in [5, 5.41) is 9.67. The van der Waals surface area contributed by atoms with Crippen molar-refractivity contribution in [2.75, 3.05) is 5.32 Å². The molecule has 0 fully saturated rings. The predicted molar refractivity (Wildman–Crippen MR) is 97.2 cm³/mol. The number of aromatic nitrogens is 5. The molecule has 0 bridgehead atoms. The molecule has 0 unspecified atom stereocenters. The van der Waals surface area contributed by atoms with E-state index in [0.717, 1.165) is 16.8 Å². The molecule has 26 heavy (non-hydrogen) atoms. The monoisotopic (exact) mass is 342 g/mol. The zero-order valence-corrected chi connectivity index (χ0v) is 13.6. The van der Waals surface area contributed by atoms with Crippen LogP contribution in [-0.2, 0) is 0 Å². The minimum absolute atomic E-state index is 0.0808. The lowest BCUT2D eigenvalue weighted by Gasteiger charge is -2.03. The van der Waals surface area contributed by atoms with Crippen molar-refractivity contribution in [1.82, 2.24) is 25.1 Å². The zero-order chi connectivity index (χ0) is 17.8. The van der Waals surface area contributed by atoms with Crippen LogP contribution >= 0.6 is 0 Å². The van der Waals surface area contributed by atoms with Crippen LogP contribution in [-0.4, -0.2) is 31.1 Å². The Labute approximate surface area is 149 Å². The van der Waals surface area contributed by atoms with E-state index in [0.29, 0.717) is 11.5 Å². The fourth-order valence-electron chi connectivity index (χ4n) is 2.47. The first-order valence-electron chi connectivity index (χ1n) is 7.95. The Hall–Kier alpha value is -3.87. The van der Waals surface area contributed by atoms with E-state index in [4.69, 9.17) is 0 Å². The molecule has 4 aromatic rings. The van der Waals surface area contributed by atoms with Crippen LogP contribution in [0, 0.1) is 0 Å². The largest absolute Gasteiger partial charge is 0.302 e. The van der Waals surface area contributed by atoms with Gasteiger partial charge in [-0.2, -0.15) is 5.10 Å². The second-order valence-corrected chi connectivity index (χ2v) is 5.49. The molecule has 0 spiro atoms. The SMILES string of the molecule is O=C(Nc1cc(-c2cccnc2)[nH]n1)c1nccc(-c2ccccc2)n1. The van der Waals surface area contributed by atoms with Gasteiger partial charge < -0.3 is 5.32 Å². The number of nitrogens with one attached hydrogen (secondary N) is 2. The van der Waals surface area contributed by atoms with Crippen molar-refractivity contribution in [1.29, 1.82) is 0 Å². The van der Waals surface area contributed by atoms with Crippen LogP contribution < -0.4 is 5.32 Å². The maximum Gasteiger partial charge on any atom is 0.294 e. The minimum atomic E-state index is -0.424. The summed E-state index contributed by atoms with van der Waals surface area (Å²) in [6, 6.07) is 16.8. The summed E-state index contributed by atoms with van der Waals surface area (Å²) in [4.78, 5) is 24.9. The van der Waals surface area contributed by atoms with Gasteiger partial charge in [-0.1, -0.05) is 30.3 Å². The topological polar surface area (TPSA) is 96.5 Å². The highest BCUT2D eigenvalue weighted by Crippen LogP contribution is 2.19. The van der Waals surface area contributed by atoms with E-state index in [1.807, 2.05) is 42.5 Å². The molecule has 7 heteroatoms. The van der Waals surface area contributed by atoms with E-state index in [-0.39, 0.29) is 5.82 Å². The second-order valence-electron chi connectivity index (χ2n) is 5.49. The van der Waals surface area contributed by atoms with Gasteiger partial charge in [0.15, 0.2) is 5.82 Å². The third-order valence-electron chi connectivity index (χ3n) is 3.72. The maximum atomic E-state index is 12.4. The standard InChI is InChI=1S/C19H14N6O/c26-19(18-21-10-8-15(22-18)13-5-2-1-3-6-13)23-17-11-16(24-25-17)14-7-4-9-20-12-14/h1-12H,(H2,23,24,25,26). The molecule has 0 atom stereocenters. The van der Waals surface area contributed by atoms with E-state index in [2.05, 4.69) is 30.5 Å². The van der Waals surface area contributed by atoms with Crippen LogP contribution in [0.1, 0.15) is 10.6 Å². The lowest BCUT2D eigenvalue weighted by Crippen LogP contribution is -2.16. The fraction of sp³-hybridized carbons (Fsp3) is 0. The van der Waals surface area contributed by atoms with Crippen molar-refractivity contribution in [2.45, 2.75) is 0 Å². The zero-order valence-electron chi connectivity index (χ0n) is 13.6. The summed E-state index contributed by atoms with van der Waals surface area (Å²) >= 11 is 0. The summed E-state index contributed by atoms with van der Waals surface area (Å²) in [5.41, 5.74) is 3.24. The van der Waals surface area contributed by atoms with Crippen LogP contribution in [0.3, 0.4) is 0 Å². The van der Waals surface area contributed by atoms with Gasteiger partial charge in [-0.05, 0) is 18.2 Å². The predicted octanol–water partition coefficient (Wildman–Crippen LogP) is 3.18. The molecular formula is C19H14N6O. The summed E-state index contributed by atoms with van der Waals surface area (Å²) in [6.45, 7) is 0. The average molecular weight is 342 g/mol. The molecule has 3 aromatic heterocycles. The summed E-state index contributed by atoms with van der Waals surface area (Å²) in [5.74, 6) is 0.0480. The number of amides is 1. The number of benzene rings is 1. The van der Waals surface area contributed by atoms with Crippen LogP contribution in [0.4, 0.5) is 5.82 Å². The molecule has 126 valence electrons. The van der Waals surface area contributed by atoms with Gasteiger partial charge in [-0.3, -0.25) is 14.9 Å². The highest BCUT2D eigenvalue weighted by molar-refractivity contribution is 6.01. The Morgan fingerprint density at radius 2 is 1.81 bits per heavy atom. The number of hydrogen-bond acceptors (Lipinski definition) is 5. The molecule has 3 heterocycles. The number of aromatic amines is 1. The summed E-state index contributed by atoms with van der Waals surface area (Å²) in [7, 11) is 0. The van der Waals surface area contributed by atoms with Crippen molar-refractivity contribution in [3.05, 3.63) is 79.0 Å². The maximum absolute atomic E-state index is 12.4. The molecule has 0 aliphatic heterocycles. The molecule has 0 aliphatic rings. The molecule has 0 aliphatic carbocycles. The lowest BCUT2D eigenvalue weighted by atomic mass is 10.1. The Balaban J connectivity index is 1.53. The Kier molecular flexibility index (Phi) is 4.17. The lowest BCUT2D eigenvalue weighted by molar-refractivity contribution is 0.101. The Morgan fingerprint density at radius 3 is 2.62 bits per heavy atom. The van der Waals surface area contributed by atoms with Gasteiger partial charge in [0, 0.05) is 35.8 Å². The first kappa shape index (κ1) is 15.6. The third-order valence-corrected chi connectivity index (χ3v) is 3.72. The quantitative estimate of drug-likeness (QED) is 0.594. The molecule has 7 nitrogen and oxygen atoms in total. The van der Waals surface area contributed by atoms with E-state index in [1.165, 1.54) is 0 Å². The number of H-pyrrole nitrogens is 1. The first-order valence-corrected chi connectivity index (χ1v) is 7.95. The van der Waals surface area contributed by atoms with Crippen molar-refractivity contribution in [3.63, 3.8) is 0 Å². The third kappa shape index (κ3) is 3.32. The van der Waals surface area contributed by atoms with Crippen LogP contribution in [0.5, 0.6) is 0 Å². The Bertz CT molecular complexity index is 1030. The molecule has 0 saturated heterocycles. The Morgan fingerprint density at radius 1 is 0.962 bits per heavy atom. The van der Waals surface area contributed by atoms with Gasteiger partial charge in [0.2, 0.25) is 5.82 Å². The minimum Gasteiger partial charge on any atom is -0.302 e. The molecule has 4 rings (SSSR count). The first-order chi connectivity index (χ1) is 12.8. The summed E-state index contributed by atoms with van der Waals surface area (Å²) < 4.78 is 0. The van der Waals surface area contributed by atoms with Crippen molar-refractivity contribution >= 4 is 11.7 Å². The van der Waals surface area contributed by atoms with Crippen molar-refractivity contribution in [2.24, 2.45) is 0 Å². The van der Waals surface area contributed by atoms with Gasteiger partial charge in [-0.25, -0.2) is 9.97 Å².